The zero-order chi connectivity index (χ0) is 13.4. The molecular formula is C12H19N3O3. The van der Waals surface area contributed by atoms with Crippen molar-refractivity contribution in [2.45, 2.75) is 26.7 Å². The molecule has 0 radical (unpaired) electrons. The van der Waals surface area contributed by atoms with Gasteiger partial charge in [-0.25, -0.2) is 4.98 Å². The van der Waals surface area contributed by atoms with Gasteiger partial charge in [-0.2, -0.15) is 4.98 Å². The van der Waals surface area contributed by atoms with Gasteiger partial charge in [0.1, 0.15) is 0 Å². The summed E-state index contributed by atoms with van der Waals surface area (Å²) in [6.45, 7) is 4.96. The van der Waals surface area contributed by atoms with Gasteiger partial charge in [0.2, 0.25) is 11.8 Å². The fourth-order valence-corrected chi connectivity index (χ4v) is 1.28. The summed E-state index contributed by atoms with van der Waals surface area (Å²) < 4.78 is 9.99. The van der Waals surface area contributed by atoms with E-state index >= 15 is 0 Å². The fourth-order valence-electron chi connectivity index (χ4n) is 1.28. The minimum atomic E-state index is -0.266. The molecule has 18 heavy (non-hydrogen) atoms. The van der Waals surface area contributed by atoms with Crippen LogP contribution in [-0.2, 0) is 9.53 Å². The van der Waals surface area contributed by atoms with Gasteiger partial charge in [-0.15, -0.1) is 0 Å². The van der Waals surface area contributed by atoms with Crippen molar-refractivity contribution in [1.29, 1.82) is 0 Å². The van der Waals surface area contributed by atoms with Crippen molar-refractivity contribution in [2.75, 3.05) is 25.6 Å². The van der Waals surface area contributed by atoms with E-state index in [1.165, 1.54) is 7.11 Å². The van der Waals surface area contributed by atoms with Crippen LogP contribution in [0.4, 0.5) is 5.95 Å². The molecule has 0 aliphatic heterocycles. The number of anilines is 1. The molecule has 0 saturated heterocycles. The molecule has 1 aromatic rings. The van der Waals surface area contributed by atoms with E-state index in [1.54, 1.807) is 6.07 Å². The van der Waals surface area contributed by atoms with Gasteiger partial charge in [0, 0.05) is 18.3 Å². The maximum Gasteiger partial charge on any atom is 0.307 e. The first-order valence-electron chi connectivity index (χ1n) is 5.95. The highest BCUT2D eigenvalue weighted by Crippen LogP contribution is 2.12. The van der Waals surface area contributed by atoms with Crippen molar-refractivity contribution in [2.24, 2.45) is 0 Å². The zero-order valence-electron chi connectivity index (χ0n) is 11.0. The SMILES string of the molecule is CCCOc1cc(C)nc(NCCC(=O)OC)n1. The summed E-state index contributed by atoms with van der Waals surface area (Å²) in [6.07, 6.45) is 1.20. The average molecular weight is 253 g/mol. The summed E-state index contributed by atoms with van der Waals surface area (Å²) in [4.78, 5) is 19.4. The molecule has 0 amide bonds. The van der Waals surface area contributed by atoms with Gasteiger partial charge in [-0.1, -0.05) is 6.92 Å². The second-order valence-electron chi connectivity index (χ2n) is 3.77. The van der Waals surface area contributed by atoms with Gasteiger partial charge in [0.25, 0.3) is 0 Å². The van der Waals surface area contributed by atoms with E-state index in [-0.39, 0.29) is 12.4 Å². The molecule has 0 aromatic carbocycles. The Kier molecular flexibility index (Phi) is 5.90. The molecule has 0 unspecified atom stereocenters. The number of methoxy groups -OCH3 is 1. The second kappa shape index (κ2) is 7.47. The smallest absolute Gasteiger partial charge is 0.307 e. The van der Waals surface area contributed by atoms with Crippen LogP contribution in [0, 0.1) is 6.92 Å². The molecule has 0 spiro atoms. The normalized spacial score (nSPS) is 9.94. The first kappa shape index (κ1) is 14.2. The third-order valence-electron chi connectivity index (χ3n) is 2.12. The molecule has 0 saturated carbocycles. The summed E-state index contributed by atoms with van der Waals surface area (Å²) >= 11 is 0. The number of carbonyl (C=O) groups is 1. The van der Waals surface area contributed by atoms with Crippen LogP contribution in [0.5, 0.6) is 5.88 Å². The Hall–Kier alpha value is -1.85. The van der Waals surface area contributed by atoms with Gasteiger partial charge >= 0.3 is 5.97 Å². The predicted octanol–water partition coefficient (Wildman–Crippen LogP) is 1.55. The molecule has 6 heteroatoms. The molecule has 1 aromatic heterocycles. The van der Waals surface area contributed by atoms with Gasteiger partial charge in [0.15, 0.2) is 0 Å². The van der Waals surface area contributed by atoms with E-state index in [2.05, 4.69) is 20.0 Å². The highest BCUT2D eigenvalue weighted by Gasteiger charge is 2.04. The van der Waals surface area contributed by atoms with E-state index in [0.717, 1.165) is 12.1 Å². The predicted molar refractivity (Wildman–Crippen MR) is 67.7 cm³/mol. The van der Waals surface area contributed by atoms with E-state index in [1.807, 2.05) is 13.8 Å². The van der Waals surface area contributed by atoms with E-state index in [4.69, 9.17) is 4.74 Å². The van der Waals surface area contributed by atoms with Gasteiger partial charge < -0.3 is 14.8 Å². The number of esters is 1. The number of hydrogen-bond donors (Lipinski definition) is 1. The van der Waals surface area contributed by atoms with Crippen LogP contribution in [0.15, 0.2) is 6.07 Å². The summed E-state index contributed by atoms with van der Waals surface area (Å²) in [5.74, 6) is 0.743. The standard InChI is InChI=1S/C12H19N3O3/c1-4-7-18-10-8-9(2)14-12(15-10)13-6-5-11(16)17-3/h8H,4-7H2,1-3H3,(H,13,14,15). The Balaban J connectivity index is 2.54. The maximum atomic E-state index is 10.9. The Bertz CT molecular complexity index is 396. The van der Waals surface area contributed by atoms with Crippen molar-refractivity contribution in [3.8, 4) is 5.88 Å². The minimum Gasteiger partial charge on any atom is -0.478 e. The molecule has 100 valence electrons. The van der Waals surface area contributed by atoms with Crippen LogP contribution in [0.2, 0.25) is 0 Å². The quantitative estimate of drug-likeness (QED) is 0.743. The van der Waals surface area contributed by atoms with Crippen molar-refractivity contribution >= 4 is 11.9 Å². The van der Waals surface area contributed by atoms with E-state index < -0.39 is 0 Å². The van der Waals surface area contributed by atoms with E-state index in [0.29, 0.717) is 25.0 Å². The minimum absolute atomic E-state index is 0.266. The number of nitrogens with one attached hydrogen (secondary N) is 1. The Morgan fingerprint density at radius 1 is 1.44 bits per heavy atom. The Labute approximate surface area is 107 Å². The third-order valence-corrected chi connectivity index (χ3v) is 2.12. The van der Waals surface area contributed by atoms with E-state index in [9.17, 15) is 4.79 Å². The van der Waals surface area contributed by atoms with Crippen molar-refractivity contribution < 1.29 is 14.3 Å². The van der Waals surface area contributed by atoms with Crippen LogP contribution in [0.3, 0.4) is 0 Å². The highest BCUT2D eigenvalue weighted by molar-refractivity contribution is 5.69. The largest absolute Gasteiger partial charge is 0.478 e. The third kappa shape index (κ3) is 4.99. The lowest BCUT2D eigenvalue weighted by molar-refractivity contribution is -0.140. The molecule has 6 nitrogen and oxygen atoms in total. The topological polar surface area (TPSA) is 73.3 Å². The number of aromatic nitrogens is 2. The molecule has 1 rings (SSSR count). The molecule has 0 fully saturated rings. The maximum absolute atomic E-state index is 10.9. The number of carbonyl (C=O) groups excluding carboxylic acids is 1. The molecule has 0 aliphatic rings. The molecule has 0 bridgehead atoms. The summed E-state index contributed by atoms with van der Waals surface area (Å²) in [7, 11) is 1.36. The van der Waals surface area contributed by atoms with Gasteiger partial charge in [-0.3, -0.25) is 4.79 Å². The van der Waals surface area contributed by atoms with Crippen LogP contribution in [0.25, 0.3) is 0 Å². The lowest BCUT2D eigenvalue weighted by Gasteiger charge is -2.08. The second-order valence-corrected chi connectivity index (χ2v) is 3.77. The monoisotopic (exact) mass is 253 g/mol. The number of ether oxygens (including phenoxy) is 2. The fraction of sp³-hybridized carbons (Fsp3) is 0.583. The summed E-state index contributed by atoms with van der Waals surface area (Å²) in [5, 5.41) is 2.96. The lowest BCUT2D eigenvalue weighted by atomic mass is 10.4. The average Bonchev–Trinajstić information content (AvgIpc) is 2.35. The summed E-state index contributed by atoms with van der Waals surface area (Å²) in [5.41, 5.74) is 0.816. The van der Waals surface area contributed by atoms with Gasteiger partial charge in [0.05, 0.1) is 20.1 Å². The van der Waals surface area contributed by atoms with Crippen LogP contribution >= 0.6 is 0 Å². The van der Waals surface area contributed by atoms with Gasteiger partial charge in [-0.05, 0) is 13.3 Å². The molecule has 1 N–H and O–H groups in total. The van der Waals surface area contributed by atoms with Crippen molar-refractivity contribution in [1.82, 2.24) is 9.97 Å². The highest BCUT2D eigenvalue weighted by atomic mass is 16.5. The lowest BCUT2D eigenvalue weighted by Crippen LogP contribution is -2.12. The van der Waals surface area contributed by atoms with Crippen molar-refractivity contribution in [3.05, 3.63) is 11.8 Å². The number of nitrogens with zero attached hydrogens (tertiary/aromatic N) is 2. The molecule has 0 atom stereocenters. The Morgan fingerprint density at radius 2 is 2.22 bits per heavy atom. The van der Waals surface area contributed by atoms with Crippen LogP contribution in [-0.4, -0.2) is 36.2 Å². The number of rotatable bonds is 7. The molecular weight excluding hydrogens is 234 g/mol. The first-order valence-corrected chi connectivity index (χ1v) is 5.95. The first-order chi connectivity index (χ1) is 8.65. The zero-order valence-corrected chi connectivity index (χ0v) is 11.0. The van der Waals surface area contributed by atoms with Crippen LogP contribution in [0.1, 0.15) is 25.5 Å². The van der Waals surface area contributed by atoms with Crippen molar-refractivity contribution in [3.63, 3.8) is 0 Å². The molecule has 1 heterocycles. The number of aryl methyl sites for hydroxylation is 1. The number of hydrogen-bond acceptors (Lipinski definition) is 6. The molecule has 0 aliphatic carbocycles. The van der Waals surface area contributed by atoms with Crippen LogP contribution < -0.4 is 10.1 Å². The Morgan fingerprint density at radius 3 is 2.89 bits per heavy atom. The summed E-state index contributed by atoms with van der Waals surface area (Å²) in [6, 6.07) is 1.78.